The topological polar surface area (TPSA) is 30.7 Å². The van der Waals surface area contributed by atoms with Gasteiger partial charge in [-0.1, -0.05) is 49.9 Å². The van der Waals surface area contributed by atoms with E-state index in [0.29, 0.717) is 5.25 Å². The van der Waals surface area contributed by atoms with Crippen LogP contribution in [0.1, 0.15) is 13.8 Å². The van der Waals surface area contributed by atoms with Crippen LogP contribution in [-0.2, 0) is 0 Å². The maximum absolute atomic E-state index is 4.39. The van der Waals surface area contributed by atoms with E-state index in [0.717, 1.165) is 21.5 Å². The van der Waals surface area contributed by atoms with Crippen LogP contribution in [-0.4, -0.2) is 20.0 Å². The van der Waals surface area contributed by atoms with Gasteiger partial charge in [0.2, 0.25) is 0 Å². The number of nitrogens with zero attached hydrogens (tertiary/aromatic N) is 3. The third kappa shape index (κ3) is 2.64. The molecule has 3 nitrogen and oxygen atoms in total. The van der Waals surface area contributed by atoms with Crippen molar-refractivity contribution in [3.05, 3.63) is 47.8 Å². The normalized spacial score (nSPS) is 11.2. The van der Waals surface area contributed by atoms with Crippen molar-refractivity contribution in [1.82, 2.24) is 14.8 Å². The minimum Gasteiger partial charge on any atom is -0.269 e. The summed E-state index contributed by atoms with van der Waals surface area (Å²) in [4.78, 5) is 1.14. The van der Waals surface area contributed by atoms with Crippen molar-refractivity contribution in [1.29, 1.82) is 0 Å². The van der Waals surface area contributed by atoms with Crippen molar-refractivity contribution in [2.24, 2.45) is 0 Å². The molecule has 0 saturated carbocycles. The van der Waals surface area contributed by atoms with Crippen LogP contribution < -0.4 is 0 Å². The lowest BCUT2D eigenvalue weighted by Crippen LogP contribution is -2.00. The van der Waals surface area contributed by atoms with Crippen LogP contribution in [0.4, 0.5) is 0 Å². The Morgan fingerprint density at radius 2 is 1.85 bits per heavy atom. The first-order valence-electron chi connectivity index (χ1n) is 6.47. The van der Waals surface area contributed by atoms with E-state index in [2.05, 4.69) is 52.2 Å². The molecule has 3 aromatic rings. The lowest BCUT2D eigenvalue weighted by Gasteiger charge is -2.10. The summed E-state index contributed by atoms with van der Waals surface area (Å²) in [7, 11) is 0. The van der Waals surface area contributed by atoms with Gasteiger partial charge in [0.25, 0.3) is 0 Å². The van der Waals surface area contributed by atoms with Crippen LogP contribution in [0.3, 0.4) is 0 Å². The average Bonchev–Trinajstić information content (AvgIpc) is 3.07. The number of benzene rings is 1. The fourth-order valence-electron chi connectivity index (χ4n) is 1.93. The molecule has 20 heavy (non-hydrogen) atoms. The van der Waals surface area contributed by atoms with E-state index in [9.17, 15) is 0 Å². The van der Waals surface area contributed by atoms with E-state index in [-0.39, 0.29) is 0 Å². The highest BCUT2D eigenvalue weighted by Gasteiger charge is 2.17. The second kappa shape index (κ2) is 5.81. The molecular formula is C15H15N3S2. The number of hydrogen-bond donors (Lipinski definition) is 0. The van der Waals surface area contributed by atoms with Crippen LogP contribution in [0.2, 0.25) is 0 Å². The number of rotatable bonds is 4. The van der Waals surface area contributed by atoms with Crippen LogP contribution >= 0.6 is 23.1 Å². The number of hydrogen-bond acceptors (Lipinski definition) is 4. The Morgan fingerprint density at radius 1 is 1.05 bits per heavy atom. The SMILES string of the molecule is CC(C)Sc1nnc(-c2cccs2)n1-c1ccccc1. The molecule has 102 valence electrons. The quantitative estimate of drug-likeness (QED) is 0.665. The van der Waals surface area contributed by atoms with Gasteiger partial charge in [-0.15, -0.1) is 21.5 Å². The molecule has 0 radical (unpaired) electrons. The van der Waals surface area contributed by atoms with E-state index >= 15 is 0 Å². The van der Waals surface area contributed by atoms with E-state index in [1.165, 1.54) is 0 Å². The molecule has 0 aliphatic rings. The van der Waals surface area contributed by atoms with Crippen molar-refractivity contribution in [2.75, 3.05) is 0 Å². The number of thioether (sulfide) groups is 1. The Kier molecular flexibility index (Phi) is 3.89. The largest absolute Gasteiger partial charge is 0.269 e. The molecule has 0 fully saturated rings. The summed E-state index contributed by atoms with van der Waals surface area (Å²) in [6, 6.07) is 14.4. The molecule has 0 atom stereocenters. The highest BCUT2D eigenvalue weighted by Crippen LogP contribution is 2.31. The van der Waals surface area contributed by atoms with E-state index in [1.54, 1.807) is 23.1 Å². The van der Waals surface area contributed by atoms with E-state index < -0.39 is 0 Å². The first-order valence-corrected chi connectivity index (χ1v) is 8.23. The van der Waals surface area contributed by atoms with Crippen molar-refractivity contribution in [2.45, 2.75) is 24.3 Å². The van der Waals surface area contributed by atoms with Crippen LogP contribution in [0.15, 0.2) is 53.0 Å². The Bertz CT molecular complexity index is 672. The Hall–Kier alpha value is -1.59. The molecule has 0 aliphatic carbocycles. The fraction of sp³-hybridized carbons (Fsp3) is 0.200. The molecule has 3 rings (SSSR count). The molecule has 0 unspecified atom stereocenters. The second-order valence-electron chi connectivity index (χ2n) is 4.62. The van der Waals surface area contributed by atoms with Crippen LogP contribution in [0.25, 0.3) is 16.4 Å². The van der Waals surface area contributed by atoms with E-state index in [1.807, 2.05) is 24.3 Å². The number of thiophene rings is 1. The lowest BCUT2D eigenvalue weighted by atomic mass is 10.3. The molecule has 0 amide bonds. The molecule has 0 aliphatic heterocycles. The Balaban J connectivity index is 2.15. The van der Waals surface area contributed by atoms with Crippen LogP contribution in [0.5, 0.6) is 0 Å². The first-order chi connectivity index (χ1) is 9.75. The summed E-state index contributed by atoms with van der Waals surface area (Å²) in [5.74, 6) is 0.911. The van der Waals surface area contributed by atoms with Gasteiger partial charge in [-0.25, -0.2) is 0 Å². The van der Waals surface area contributed by atoms with Crippen molar-refractivity contribution in [3.8, 4) is 16.4 Å². The minimum atomic E-state index is 0.470. The molecular weight excluding hydrogens is 286 g/mol. The molecule has 0 spiro atoms. The van der Waals surface area contributed by atoms with Gasteiger partial charge in [0, 0.05) is 10.9 Å². The highest BCUT2D eigenvalue weighted by molar-refractivity contribution is 7.99. The Labute approximate surface area is 126 Å². The maximum atomic E-state index is 4.39. The second-order valence-corrected chi connectivity index (χ2v) is 7.11. The average molecular weight is 301 g/mol. The molecule has 1 aromatic carbocycles. The molecule has 2 aromatic heterocycles. The first kappa shape index (κ1) is 13.4. The molecule has 2 heterocycles. The summed E-state index contributed by atoms with van der Waals surface area (Å²) in [6.45, 7) is 4.33. The van der Waals surface area contributed by atoms with Gasteiger partial charge in [-0.3, -0.25) is 4.57 Å². The zero-order chi connectivity index (χ0) is 13.9. The standard InChI is InChI=1S/C15H15N3S2/c1-11(2)20-15-17-16-14(13-9-6-10-19-13)18(15)12-7-4-3-5-8-12/h3-11H,1-2H3. The zero-order valence-corrected chi connectivity index (χ0v) is 13.0. The number of para-hydroxylation sites is 1. The van der Waals surface area contributed by atoms with Gasteiger partial charge in [-0.2, -0.15) is 0 Å². The smallest absolute Gasteiger partial charge is 0.196 e. The molecule has 5 heteroatoms. The van der Waals surface area contributed by atoms with Crippen molar-refractivity contribution >= 4 is 23.1 Å². The fourth-order valence-corrected chi connectivity index (χ4v) is 3.44. The third-order valence-electron chi connectivity index (χ3n) is 2.73. The van der Waals surface area contributed by atoms with Gasteiger partial charge in [0.15, 0.2) is 11.0 Å². The lowest BCUT2D eigenvalue weighted by molar-refractivity contribution is 0.879. The summed E-state index contributed by atoms with van der Waals surface area (Å²) in [5, 5.41) is 12.2. The number of aromatic nitrogens is 3. The van der Waals surface area contributed by atoms with E-state index in [4.69, 9.17) is 0 Å². The molecule has 0 N–H and O–H groups in total. The monoisotopic (exact) mass is 301 g/mol. The van der Waals surface area contributed by atoms with Gasteiger partial charge < -0.3 is 0 Å². The van der Waals surface area contributed by atoms with Gasteiger partial charge in [0.05, 0.1) is 4.88 Å². The summed E-state index contributed by atoms with van der Waals surface area (Å²) in [5.41, 5.74) is 1.10. The predicted molar refractivity (Wildman–Crippen MR) is 85.7 cm³/mol. The Morgan fingerprint density at radius 3 is 2.50 bits per heavy atom. The summed E-state index contributed by atoms with van der Waals surface area (Å²) in [6.07, 6.45) is 0. The zero-order valence-electron chi connectivity index (χ0n) is 11.4. The van der Waals surface area contributed by atoms with Gasteiger partial charge in [0.1, 0.15) is 0 Å². The van der Waals surface area contributed by atoms with Crippen molar-refractivity contribution < 1.29 is 0 Å². The van der Waals surface area contributed by atoms with Crippen molar-refractivity contribution in [3.63, 3.8) is 0 Å². The van der Waals surface area contributed by atoms with Crippen LogP contribution in [0, 0.1) is 0 Å². The molecule has 0 saturated heterocycles. The van der Waals surface area contributed by atoms with Gasteiger partial charge >= 0.3 is 0 Å². The third-order valence-corrected chi connectivity index (χ3v) is 4.54. The maximum Gasteiger partial charge on any atom is 0.196 e. The minimum absolute atomic E-state index is 0.470. The predicted octanol–water partition coefficient (Wildman–Crippen LogP) is 4.50. The molecule has 0 bridgehead atoms. The van der Waals surface area contributed by atoms with Gasteiger partial charge in [-0.05, 0) is 23.6 Å². The summed E-state index contributed by atoms with van der Waals surface area (Å²) < 4.78 is 2.14. The highest BCUT2D eigenvalue weighted by atomic mass is 32.2. The summed E-state index contributed by atoms with van der Waals surface area (Å²) >= 11 is 3.42.